The van der Waals surface area contributed by atoms with Gasteiger partial charge in [-0.25, -0.2) is 0 Å². The van der Waals surface area contributed by atoms with Crippen LogP contribution in [0.15, 0.2) is 6.07 Å². The van der Waals surface area contributed by atoms with Crippen LogP contribution in [-0.2, 0) is 27.2 Å². The van der Waals surface area contributed by atoms with E-state index in [1.54, 1.807) is 0 Å². The molecule has 0 amide bonds. The summed E-state index contributed by atoms with van der Waals surface area (Å²) in [5, 5.41) is 9.30. The molecule has 1 aromatic carbocycles. The van der Waals surface area contributed by atoms with Gasteiger partial charge in [0.1, 0.15) is 5.60 Å². The number of unbranched alkanes of at least 4 members (excludes halogenated alkanes) is 3. The van der Waals surface area contributed by atoms with Gasteiger partial charge in [-0.3, -0.25) is 9.59 Å². The lowest BCUT2D eigenvalue weighted by Crippen LogP contribution is -2.14. The highest BCUT2D eigenvalue weighted by Crippen LogP contribution is 2.50. The third-order valence-electron chi connectivity index (χ3n) is 7.78. The predicted octanol–water partition coefficient (Wildman–Crippen LogP) is 6.00. The Morgan fingerprint density at radius 3 is 1.97 bits per heavy atom. The quantitative estimate of drug-likeness (QED) is 0.300. The van der Waals surface area contributed by atoms with Crippen LogP contribution < -0.4 is 0 Å². The van der Waals surface area contributed by atoms with Crippen LogP contribution in [0.2, 0.25) is 0 Å². The second-order valence-corrected chi connectivity index (χ2v) is 9.82. The molecule has 4 nitrogen and oxygen atoms in total. The van der Waals surface area contributed by atoms with Crippen molar-refractivity contribution in [3.63, 3.8) is 0 Å². The van der Waals surface area contributed by atoms with Gasteiger partial charge in [0, 0.05) is 0 Å². The Labute approximate surface area is 181 Å². The molecule has 2 fully saturated rings. The highest BCUT2D eigenvalue weighted by molar-refractivity contribution is 5.77. The number of carboxylic acids is 1. The van der Waals surface area contributed by atoms with E-state index < -0.39 is 5.97 Å². The number of aliphatic carboxylic acids is 1. The van der Waals surface area contributed by atoms with Crippen LogP contribution in [0.5, 0.6) is 0 Å². The molecule has 1 N–H and O–H groups in total. The SMILES string of the molecule is Cc1c(CCCCCC2(C(=O)O)CC2)cc(CCCCC2(OC=O)CC2)c(C)c1C. The van der Waals surface area contributed by atoms with E-state index in [1.807, 2.05) is 0 Å². The molecule has 166 valence electrons. The Balaban J connectivity index is 1.46. The number of carbonyl (C=O) groups excluding carboxylic acids is 1. The minimum atomic E-state index is -0.595. The van der Waals surface area contributed by atoms with Crippen molar-refractivity contribution in [2.24, 2.45) is 5.41 Å². The molecular formula is C26H38O4. The summed E-state index contributed by atoms with van der Waals surface area (Å²) >= 11 is 0. The van der Waals surface area contributed by atoms with Gasteiger partial charge in [-0.1, -0.05) is 18.9 Å². The van der Waals surface area contributed by atoms with Crippen LogP contribution in [0.1, 0.15) is 98.4 Å². The van der Waals surface area contributed by atoms with Crippen molar-refractivity contribution in [2.75, 3.05) is 0 Å². The first-order chi connectivity index (χ1) is 14.3. The maximum absolute atomic E-state index is 11.3. The summed E-state index contributed by atoms with van der Waals surface area (Å²) in [6.45, 7) is 7.32. The molecule has 0 radical (unpaired) electrons. The van der Waals surface area contributed by atoms with E-state index in [0.29, 0.717) is 6.47 Å². The minimum absolute atomic E-state index is 0.134. The van der Waals surface area contributed by atoms with E-state index in [4.69, 9.17) is 4.74 Å². The van der Waals surface area contributed by atoms with E-state index in [9.17, 15) is 14.7 Å². The van der Waals surface area contributed by atoms with Gasteiger partial charge >= 0.3 is 5.97 Å². The lowest BCUT2D eigenvalue weighted by Gasteiger charge is -2.17. The average molecular weight is 415 g/mol. The lowest BCUT2D eigenvalue weighted by molar-refractivity contribution is -0.143. The number of carbonyl (C=O) groups is 2. The molecule has 4 heteroatoms. The number of benzene rings is 1. The van der Waals surface area contributed by atoms with Crippen molar-refractivity contribution in [3.8, 4) is 0 Å². The van der Waals surface area contributed by atoms with Gasteiger partial charge in [-0.05, 0) is 119 Å². The zero-order valence-electron chi connectivity index (χ0n) is 19.0. The Hall–Kier alpha value is -1.84. The van der Waals surface area contributed by atoms with Crippen molar-refractivity contribution in [3.05, 3.63) is 33.9 Å². The fourth-order valence-corrected chi connectivity index (χ4v) is 4.82. The first kappa shape index (κ1) is 22.8. The summed E-state index contributed by atoms with van der Waals surface area (Å²) < 4.78 is 5.26. The zero-order valence-corrected chi connectivity index (χ0v) is 19.0. The molecule has 0 heterocycles. The molecule has 2 aliphatic carbocycles. The summed E-state index contributed by atoms with van der Waals surface area (Å²) in [5.74, 6) is -0.595. The first-order valence-corrected chi connectivity index (χ1v) is 11.8. The van der Waals surface area contributed by atoms with Crippen molar-refractivity contribution in [2.45, 2.75) is 110 Å². The predicted molar refractivity (Wildman–Crippen MR) is 119 cm³/mol. The summed E-state index contributed by atoms with van der Waals surface area (Å²) in [4.78, 5) is 21.9. The van der Waals surface area contributed by atoms with Crippen molar-refractivity contribution in [1.82, 2.24) is 0 Å². The molecule has 0 aliphatic heterocycles. The van der Waals surface area contributed by atoms with Crippen LogP contribution in [0.4, 0.5) is 0 Å². The summed E-state index contributed by atoms with van der Waals surface area (Å²) in [6, 6.07) is 2.41. The average Bonchev–Trinajstić information content (AvgIpc) is 3.63. The molecule has 0 atom stereocenters. The third kappa shape index (κ3) is 5.44. The summed E-state index contributed by atoms with van der Waals surface area (Å²) in [6.07, 6.45) is 13.2. The van der Waals surface area contributed by atoms with Gasteiger partial charge in [0.05, 0.1) is 5.41 Å². The lowest BCUT2D eigenvalue weighted by atomic mass is 9.89. The monoisotopic (exact) mass is 414 g/mol. The van der Waals surface area contributed by atoms with E-state index in [2.05, 4.69) is 26.8 Å². The third-order valence-corrected chi connectivity index (χ3v) is 7.78. The highest BCUT2D eigenvalue weighted by atomic mass is 16.5. The molecule has 30 heavy (non-hydrogen) atoms. The highest BCUT2D eigenvalue weighted by Gasteiger charge is 2.49. The number of carboxylic acid groups (broad SMARTS) is 1. The molecule has 2 aliphatic rings. The molecule has 1 aromatic rings. The van der Waals surface area contributed by atoms with Crippen molar-refractivity contribution >= 4 is 12.4 Å². The second-order valence-electron chi connectivity index (χ2n) is 9.82. The second kappa shape index (κ2) is 9.53. The van der Waals surface area contributed by atoms with Gasteiger partial charge in [0.2, 0.25) is 0 Å². The maximum atomic E-state index is 11.3. The normalized spacial score (nSPS) is 18.1. The van der Waals surface area contributed by atoms with Gasteiger partial charge in [0.15, 0.2) is 0 Å². The molecule has 0 unspecified atom stereocenters. The Bertz CT molecular complexity index is 772. The molecule has 0 bridgehead atoms. The first-order valence-electron chi connectivity index (χ1n) is 11.8. The Morgan fingerprint density at radius 1 is 0.900 bits per heavy atom. The molecule has 0 aromatic heterocycles. The number of hydrogen-bond acceptors (Lipinski definition) is 3. The van der Waals surface area contributed by atoms with E-state index in [1.165, 1.54) is 27.8 Å². The number of hydrogen-bond donors (Lipinski definition) is 1. The topological polar surface area (TPSA) is 63.6 Å². The molecule has 2 saturated carbocycles. The number of rotatable bonds is 14. The molecule has 0 saturated heterocycles. The maximum Gasteiger partial charge on any atom is 0.309 e. The smallest absolute Gasteiger partial charge is 0.309 e. The van der Waals surface area contributed by atoms with Gasteiger partial charge < -0.3 is 9.84 Å². The van der Waals surface area contributed by atoms with Crippen molar-refractivity contribution < 1.29 is 19.4 Å². The van der Waals surface area contributed by atoms with Crippen LogP contribution in [0.25, 0.3) is 0 Å². The van der Waals surface area contributed by atoms with Gasteiger partial charge in [-0.2, -0.15) is 0 Å². The van der Waals surface area contributed by atoms with Gasteiger partial charge in [0.25, 0.3) is 6.47 Å². The largest absolute Gasteiger partial charge is 0.481 e. The minimum Gasteiger partial charge on any atom is -0.481 e. The molecule has 3 rings (SSSR count). The van der Waals surface area contributed by atoms with E-state index in [-0.39, 0.29) is 11.0 Å². The molecule has 0 spiro atoms. The van der Waals surface area contributed by atoms with E-state index >= 15 is 0 Å². The number of aryl methyl sites for hydroxylation is 2. The summed E-state index contributed by atoms with van der Waals surface area (Å²) in [7, 11) is 0. The Kier molecular flexibility index (Phi) is 7.26. The van der Waals surface area contributed by atoms with Crippen LogP contribution >= 0.6 is 0 Å². The van der Waals surface area contributed by atoms with Gasteiger partial charge in [-0.15, -0.1) is 0 Å². The fourth-order valence-electron chi connectivity index (χ4n) is 4.82. The summed E-state index contributed by atoms with van der Waals surface area (Å²) in [5.41, 5.74) is 6.64. The van der Waals surface area contributed by atoms with Crippen LogP contribution in [-0.4, -0.2) is 23.1 Å². The number of ether oxygens (including phenoxy) is 1. The fraction of sp³-hybridized carbons (Fsp3) is 0.692. The molecular weight excluding hydrogens is 376 g/mol. The van der Waals surface area contributed by atoms with Crippen LogP contribution in [0.3, 0.4) is 0 Å². The standard InChI is InChI=1S/C26H38O4/c1-19-20(2)22(9-5-4-7-11-25(13-14-25)24(28)29)17-23(21(19)3)10-6-8-12-26(15-16-26)30-18-27/h17-18H,4-16H2,1-3H3,(H,28,29). The van der Waals surface area contributed by atoms with E-state index in [0.717, 1.165) is 83.5 Å². The van der Waals surface area contributed by atoms with Crippen LogP contribution in [0, 0.1) is 26.2 Å². The zero-order chi connectivity index (χ0) is 21.8. The Morgan fingerprint density at radius 2 is 1.47 bits per heavy atom. The van der Waals surface area contributed by atoms with Crippen molar-refractivity contribution in [1.29, 1.82) is 0 Å².